The highest BCUT2D eigenvalue weighted by molar-refractivity contribution is 5.81. The zero-order valence-corrected chi connectivity index (χ0v) is 19.7. The topological polar surface area (TPSA) is 73.1 Å². The van der Waals surface area contributed by atoms with Crippen molar-refractivity contribution in [1.29, 1.82) is 0 Å². The fraction of sp³-hybridized carbons (Fsp3) is 0.760. The van der Waals surface area contributed by atoms with Crippen LogP contribution in [-0.4, -0.2) is 67.0 Å². The molecule has 2 unspecified atom stereocenters. The van der Waals surface area contributed by atoms with E-state index in [0.717, 1.165) is 63.7 Å². The summed E-state index contributed by atoms with van der Waals surface area (Å²) in [5.74, 6) is 2.47. The van der Waals surface area contributed by atoms with E-state index in [2.05, 4.69) is 33.4 Å². The number of hydrogen-bond acceptors (Lipinski definition) is 4. The Labute approximate surface area is 193 Å². The predicted octanol–water partition coefficient (Wildman–Crippen LogP) is 3.54. The van der Waals surface area contributed by atoms with Crippen molar-refractivity contribution in [2.24, 2.45) is 10.9 Å². The molecule has 7 nitrogen and oxygen atoms in total. The number of carbonyl (C=O) groups excluding carboxylic acids is 1. The first-order valence-corrected chi connectivity index (χ1v) is 12.9. The van der Waals surface area contributed by atoms with Gasteiger partial charge in [-0.3, -0.25) is 14.7 Å². The summed E-state index contributed by atoms with van der Waals surface area (Å²) in [5.41, 5.74) is 0. The lowest BCUT2D eigenvalue weighted by Gasteiger charge is -2.32. The molecule has 0 spiro atoms. The molecule has 4 rings (SSSR count). The van der Waals surface area contributed by atoms with E-state index in [1.165, 1.54) is 38.5 Å². The van der Waals surface area contributed by atoms with Crippen LogP contribution in [-0.2, 0) is 4.79 Å². The quantitative estimate of drug-likeness (QED) is 0.498. The minimum Gasteiger partial charge on any atom is -0.468 e. The number of nitrogens with one attached hydrogen (secondary N) is 2. The molecule has 178 valence electrons. The second-order valence-corrected chi connectivity index (χ2v) is 9.60. The zero-order chi connectivity index (χ0) is 22.2. The smallest absolute Gasteiger partial charge is 0.225 e. The molecule has 1 aromatic heterocycles. The third kappa shape index (κ3) is 6.06. The summed E-state index contributed by atoms with van der Waals surface area (Å²) in [6.45, 7) is 7.43. The molecule has 2 N–H and O–H groups in total. The number of likely N-dealkylation sites (tertiary alicyclic amines) is 2. The van der Waals surface area contributed by atoms with Crippen LogP contribution >= 0.6 is 0 Å². The minimum absolute atomic E-state index is 0.175. The summed E-state index contributed by atoms with van der Waals surface area (Å²) in [7, 11) is 0. The van der Waals surface area contributed by atoms with Crippen molar-refractivity contribution >= 4 is 11.9 Å². The largest absolute Gasteiger partial charge is 0.468 e. The van der Waals surface area contributed by atoms with Gasteiger partial charge in [0.15, 0.2) is 5.96 Å². The molecule has 2 aliphatic heterocycles. The third-order valence-electron chi connectivity index (χ3n) is 7.26. The predicted molar refractivity (Wildman–Crippen MR) is 128 cm³/mol. The number of aliphatic imine (C=N–C) groups is 1. The number of amides is 1. The maximum absolute atomic E-state index is 12.9. The van der Waals surface area contributed by atoms with Crippen molar-refractivity contribution in [2.75, 3.05) is 39.3 Å². The second-order valence-electron chi connectivity index (χ2n) is 9.60. The summed E-state index contributed by atoms with van der Waals surface area (Å²) in [6, 6.07) is 4.47. The maximum atomic E-state index is 12.9. The Morgan fingerprint density at radius 1 is 1.12 bits per heavy atom. The highest BCUT2D eigenvalue weighted by Crippen LogP contribution is 2.27. The van der Waals surface area contributed by atoms with Gasteiger partial charge in [-0.25, -0.2) is 0 Å². The van der Waals surface area contributed by atoms with Gasteiger partial charge < -0.3 is 20.0 Å². The van der Waals surface area contributed by atoms with Crippen LogP contribution < -0.4 is 10.6 Å². The molecule has 7 heteroatoms. The molecule has 1 amide bonds. The van der Waals surface area contributed by atoms with Crippen molar-refractivity contribution in [3.05, 3.63) is 24.2 Å². The van der Waals surface area contributed by atoms with Gasteiger partial charge in [-0.1, -0.05) is 25.7 Å². The zero-order valence-electron chi connectivity index (χ0n) is 19.7. The number of carbonyl (C=O) groups is 1. The van der Waals surface area contributed by atoms with Crippen molar-refractivity contribution in [2.45, 2.75) is 76.8 Å². The van der Waals surface area contributed by atoms with Gasteiger partial charge in [0.1, 0.15) is 5.76 Å². The van der Waals surface area contributed by atoms with E-state index >= 15 is 0 Å². The van der Waals surface area contributed by atoms with Crippen molar-refractivity contribution in [3.8, 4) is 0 Å². The molecule has 0 aromatic carbocycles. The van der Waals surface area contributed by atoms with Gasteiger partial charge >= 0.3 is 0 Å². The summed E-state index contributed by atoms with van der Waals surface area (Å²) in [5, 5.41) is 7.01. The van der Waals surface area contributed by atoms with Gasteiger partial charge in [-0.05, 0) is 64.3 Å². The lowest BCUT2D eigenvalue weighted by Crippen LogP contribution is -2.46. The van der Waals surface area contributed by atoms with Crippen LogP contribution in [0.5, 0.6) is 0 Å². The average molecular weight is 444 g/mol. The third-order valence-corrected chi connectivity index (χ3v) is 7.26. The number of guanidine groups is 1. The molecule has 2 saturated heterocycles. The fourth-order valence-electron chi connectivity index (χ4n) is 5.47. The van der Waals surface area contributed by atoms with Gasteiger partial charge in [0.25, 0.3) is 0 Å². The molecule has 1 aromatic rings. The first kappa shape index (κ1) is 23.1. The second kappa shape index (κ2) is 11.7. The Balaban J connectivity index is 1.35. The van der Waals surface area contributed by atoms with E-state index in [0.29, 0.717) is 12.5 Å². The molecule has 1 aliphatic carbocycles. The van der Waals surface area contributed by atoms with Crippen LogP contribution in [0.1, 0.15) is 76.5 Å². The lowest BCUT2D eigenvalue weighted by molar-refractivity contribution is -0.135. The Bertz CT molecular complexity index is 723. The van der Waals surface area contributed by atoms with E-state index in [1.807, 2.05) is 6.07 Å². The summed E-state index contributed by atoms with van der Waals surface area (Å²) < 4.78 is 5.78. The SMILES string of the molecule is CCNC(=NCC(c1ccco1)N1CCCCC1)NC1CCN(C(=O)C2CCCCC2)C1. The van der Waals surface area contributed by atoms with Gasteiger partial charge in [-0.2, -0.15) is 0 Å². The molecule has 3 heterocycles. The summed E-state index contributed by atoms with van der Waals surface area (Å²) in [4.78, 5) is 22.5. The molecule has 0 bridgehead atoms. The van der Waals surface area contributed by atoms with Gasteiger partial charge in [0.05, 0.1) is 18.8 Å². The Morgan fingerprint density at radius 3 is 2.62 bits per heavy atom. The number of rotatable bonds is 7. The highest BCUT2D eigenvalue weighted by Gasteiger charge is 2.32. The van der Waals surface area contributed by atoms with Crippen LogP contribution in [0.2, 0.25) is 0 Å². The standard InChI is InChI=1S/C25H41N5O2/c1-2-26-25(27-18-22(23-12-9-17-32-23)29-14-7-4-8-15-29)28-21-13-16-30(19-21)24(31)20-10-5-3-6-11-20/h9,12,17,20-22H,2-8,10-11,13-16,18-19H2,1H3,(H2,26,27,28). The summed E-state index contributed by atoms with van der Waals surface area (Å²) >= 11 is 0. The van der Waals surface area contributed by atoms with Gasteiger partial charge in [-0.15, -0.1) is 0 Å². The van der Waals surface area contributed by atoms with Gasteiger partial charge in [0, 0.05) is 31.6 Å². The molecule has 1 saturated carbocycles. The van der Waals surface area contributed by atoms with E-state index in [4.69, 9.17) is 9.41 Å². The fourth-order valence-corrected chi connectivity index (χ4v) is 5.47. The van der Waals surface area contributed by atoms with E-state index in [9.17, 15) is 4.79 Å². The normalized spacial score (nSPS) is 24.5. The molecular weight excluding hydrogens is 402 g/mol. The number of nitrogens with zero attached hydrogens (tertiary/aromatic N) is 3. The van der Waals surface area contributed by atoms with Crippen LogP contribution in [0.25, 0.3) is 0 Å². The first-order valence-electron chi connectivity index (χ1n) is 12.9. The van der Waals surface area contributed by atoms with Crippen molar-refractivity contribution in [3.63, 3.8) is 0 Å². The monoisotopic (exact) mass is 443 g/mol. The van der Waals surface area contributed by atoms with E-state index in [1.54, 1.807) is 6.26 Å². The van der Waals surface area contributed by atoms with Crippen LogP contribution in [0.15, 0.2) is 27.8 Å². The number of hydrogen-bond donors (Lipinski definition) is 2. The average Bonchev–Trinajstić information content (AvgIpc) is 3.53. The number of furan rings is 1. The first-order chi connectivity index (χ1) is 15.7. The lowest BCUT2D eigenvalue weighted by atomic mass is 9.88. The van der Waals surface area contributed by atoms with E-state index < -0.39 is 0 Å². The molecule has 32 heavy (non-hydrogen) atoms. The van der Waals surface area contributed by atoms with Crippen molar-refractivity contribution < 1.29 is 9.21 Å². The Hall–Kier alpha value is -2.02. The summed E-state index contributed by atoms with van der Waals surface area (Å²) in [6.07, 6.45) is 12.4. The molecule has 2 atom stereocenters. The number of piperidine rings is 1. The molecule has 0 radical (unpaired) electrons. The van der Waals surface area contributed by atoms with Gasteiger partial charge in [0.2, 0.25) is 5.91 Å². The maximum Gasteiger partial charge on any atom is 0.225 e. The Morgan fingerprint density at radius 2 is 1.91 bits per heavy atom. The molecule has 3 aliphatic rings. The minimum atomic E-state index is 0.175. The van der Waals surface area contributed by atoms with E-state index in [-0.39, 0.29) is 18.0 Å². The van der Waals surface area contributed by atoms with Crippen LogP contribution in [0, 0.1) is 5.92 Å². The van der Waals surface area contributed by atoms with Crippen LogP contribution in [0.4, 0.5) is 0 Å². The highest BCUT2D eigenvalue weighted by atomic mass is 16.3. The Kier molecular flexibility index (Phi) is 8.49. The van der Waals surface area contributed by atoms with Crippen molar-refractivity contribution in [1.82, 2.24) is 20.4 Å². The van der Waals surface area contributed by atoms with Crippen LogP contribution in [0.3, 0.4) is 0 Å². The molecule has 3 fully saturated rings. The molecular formula is C25H41N5O2.